The van der Waals surface area contributed by atoms with Crippen molar-refractivity contribution in [3.63, 3.8) is 0 Å². The van der Waals surface area contributed by atoms with E-state index < -0.39 is 0 Å². The second-order valence-electron chi connectivity index (χ2n) is 6.20. The number of halogens is 1. The van der Waals surface area contributed by atoms with Gasteiger partial charge in [-0.2, -0.15) is 0 Å². The summed E-state index contributed by atoms with van der Waals surface area (Å²) in [5, 5.41) is 3.21. The molecule has 1 fully saturated rings. The molecule has 1 aliphatic rings. The van der Waals surface area contributed by atoms with Gasteiger partial charge in [-0.25, -0.2) is 0 Å². The van der Waals surface area contributed by atoms with Crippen molar-refractivity contribution in [1.29, 1.82) is 0 Å². The molecule has 1 N–H and O–H groups in total. The van der Waals surface area contributed by atoms with Crippen LogP contribution in [-0.2, 0) is 11.3 Å². The maximum Gasteiger partial charge on any atom is 0.234 e. The second-order valence-corrected chi connectivity index (χ2v) is 7.05. The zero-order valence-electron chi connectivity index (χ0n) is 12.9. The zero-order chi connectivity index (χ0) is 15.2. The summed E-state index contributed by atoms with van der Waals surface area (Å²) in [6, 6.07) is 8.51. The first-order valence-corrected chi connectivity index (χ1v) is 8.57. The third-order valence-corrected chi connectivity index (χ3v) is 5.04. The molecule has 116 valence electrons. The Balaban J connectivity index is 1.80. The van der Waals surface area contributed by atoms with Crippen LogP contribution in [0.1, 0.15) is 38.2 Å². The Hall–Kier alpha value is -0.870. The number of hydrogen-bond acceptors (Lipinski definition) is 2. The molecule has 3 nitrogen and oxygen atoms in total. The third-order valence-electron chi connectivity index (χ3n) is 4.27. The minimum atomic E-state index is 0.142. The average molecular weight is 353 g/mol. The molecular weight excluding hydrogens is 328 g/mol. The van der Waals surface area contributed by atoms with Crippen LogP contribution in [0.2, 0.25) is 0 Å². The van der Waals surface area contributed by atoms with Crippen LogP contribution in [0.25, 0.3) is 0 Å². The highest BCUT2D eigenvalue weighted by atomic mass is 79.9. The fraction of sp³-hybridized carbons (Fsp3) is 0.588. The van der Waals surface area contributed by atoms with Gasteiger partial charge in [0.05, 0.1) is 6.54 Å². The molecule has 0 aromatic heterocycles. The molecule has 21 heavy (non-hydrogen) atoms. The topological polar surface area (TPSA) is 32.3 Å². The molecule has 2 atom stereocenters. The van der Waals surface area contributed by atoms with Gasteiger partial charge in [-0.1, -0.05) is 53.9 Å². The van der Waals surface area contributed by atoms with Gasteiger partial charge in [-0.3, -0.25) is 9.69 Å². The van der Waals surface area contributed by atoms with E-state index in [4.69, 9.17) is 0 Å². The molecule has 1 saturated carbocycles. The lowest BCUT2D eigenvalue weighted by atomic mass is 9.86. The molecule has 0 spiro atoms. The Bertz CT molecular complexity index is 478. The van der Waals surface area contributed by atoms with Gasteiger partial charge >= 0.3 is 0 Å². The number of benzene rings is 1. The van der Waals surface area contributed by atoms with Crippen LogP contribution in [0, 0.1) is 5.92 Å². The van der Waals surface area contributed by atoms with Crippen LogP contribution in [0.3, 0.4) is 0 Å². The van der Waals surface area contributed by atoms with Gasteiger partial charge < -0.3 is 5.32 Å². The summed E-state index contributed by atoms with van der Waals surface area (Å²) in [6.07, 6.45) is 4.90. The SMILES string of the molecule is C[C@H]1CCCC[C@@H]1NC(=O)CN(C)Cc1ccccc1Br. The Kier molecular flexibility index (Phi) is 6.24. The molecule has 2 rings (SSSR count). The molecule has 0 aliphatic heterocycles. The molecule has 0 radical (unpaired) electrons. The van der Waals surface area contributed by atoms with E-state index in [1.807, 2.05) is 25.2 Å². The number of nitrogens with one attached hydrogen (secondary N) is 1. The molecule has 0 bridgehead atoms. The number of nitrogens with zero attached hydrogens (tertiary/aromatic N) is 1. The van der Waals surface area contributed by atoms with E-state index in [2.05, 4.69) is 39.1 Å². The summed E-state index contributed by atoms with van der Waals surface area (Å²) in [6.45, 7) is 3.47. The van der Waals surface area contributed by atoms with Crippen LogP contribution in [-0.4, -0.2) is 30.4 Å². The quantitative estimate of drug-likeness (QED) is 0.878. The fourth-order valence-electron chi connectivity index (χ4n) is 3.00. The Morgan fingerprint density at radius 2 is 2.05 bits per heavy atom. The highest BCUT2D eigenvalue weighted by Gasteiger charge is 2.23. The fourth-order valence-corrected chi connectivity index (χ4v) is 3.41. The largest absolute Gasteiger partial charge is 0.352 e. The zero-order valence-corrected chi connectivity index (χ0v) is 14.5. The van der Waals surface area contributed by atoms with E-state index in [1.165, 1.54) is 24.8 Å². The van der Waals surface area contributed by atoms with Crippen molar-refractivity contribution in [1.82, 2.24) is 10.2 Å². The molecule has 1 aliphatic carbocycles. The maximum atomic E-state index is 12.2. The smallest absolute Gasteiger partial charge is 0.234 e. The molecule has 4 heteroatoms. The summed E-state index contributed by atoms with van der Waals surface area (Å²) in [7, 11) is 1.99. The summed E-state index contributed by atoms with van der Waals surface area (Å²) in [4.78, 5) is 14.2. The summed E-state index contributed by atoms with van der Waals surface area (Å²) in [5.74, 6) is 0.750. The molecular formula is C17H25BrN2O. The number of carbonyl (C=O) groups is 1. The lowest BCUT2D eigenvalue weighted by Gasteiger charge is -2.30. The van der Waals surface area contributed by atoms with Crippen LogP contribution < -0.4 is 5.32 Å². The van der Waals surface area contributed by atoms with E-state index >= 15 is 0 Å². The van der Waals surface area contributed by atoms with Crippen molar-refractivity contribution >= 4 is 21.8 Å². The van der Waals surface area contributed by atoms with Crippen molar-refractivity contribution < 1.29 is 4.79 Å². The highest BCUT2D eigenvalue weighted by molar-refractivity contribution is 9.10. The van der Waals surface area contributed by atoms with Gasteiger partial charge in [-0.05, 0) is 37.4 Å². The maximum absolute atomic E-state index is 12.2. The van der Waals surface area contributed by atoms with E-state index in [9.17, 15) is 4.79 Å². The minimum Gasteiger partial charge on any atom is -0.352 e. The van der Waals surface area contributed by atoms with Crippen molar-refractivity contribution in [2.24, 2.45) is 5.92 Å². The molecule has 0 saturated heterocycles. The molecule has 1 aromatic rings. The predicted molar refractivity (Wildman–Crippen MR) is 90.0 cm³/mol. The number of amides is 1. The molecule has 1 aromatic carbocycles. The van der Waals surface area contributed by atoms with Gasteiger partial charge in [0.2, 0.25) is 5.91 Å². The van der Waals surface area contributed by atoms with Gasteiger partial charge in [0.1, 0.15) is 0 Å². The number of carbonyl (C=O) groups excluding carboxylic acids is 1. The summed E-state index contributed by atoms with van der Waals surface area (Å²) >= 11 is 3.55. The summed E-state index contributed by atoms with van der Waals surface area (Å²) in [5.41, 5.74) is 1.21. The second kappa shape index (κ2) is 7.95. The highest BCUT2D eigenvalue weighted by Crippen LogP contribution is 2.23. The van der Waals surface area contributed by atoms with E-state index in [-0.39, 0.29) is 5.91 Å². The number of rotatable bonds is 5. The van der Waals surface area contributed by atoms with Gasteiger partial charge in [-0.15, -0.1) is 0 Å². The normalized spacial score (nSPS) is 22.3. The lowest BCUT2D eigenvalue weighted by molar-refractivity contribution is -0.123. The predicted octanol–water partition coefficient (Wildman–Crippen LogP) is 3.58. The van der Waals surface area contributed by atoms with E-state index in [0.29, 0.717) is 18.5 Å². The van der Waals surface area contributed by atoms with Crippen molar-refractivity contribution in [2.45, 2.75) is 45.2 Å². The van der Waals surface area contributed by atoms with Gasteiger partial charge in [0.15, 0.2) is 0 Å². The van der Waals surface area contributed by atoms with E-state index in [0.717, 1.165) is 17.4 Å². The third kappa shape index (κ3) is 5.11. The lowest BCUT2D eigenvalue weighted by Crippen LogP contribution is -2.44. The Morgan fingerprint density at radius 3 is 2.76 bits per heavy atom. The van der Waals surface area contributed by atoms with Crippen LogP contribution in [0.4, 0.5) is 0 Å². The van der Waals surface area contributed by atoms with Crippen LogP contribution in [0.15, 0.2) is 28.7 Å². The number of hydrogen-bond donors (Lipinski definition) is 1. The van der Waals surface area contributed by atoms with Gasteiger partial charge in [0.25, 0.3) is 0 Å². The van der Waals surface area contributed by atoms with Gasteiger partial charge in [0, 0.05) is 17.1 Å². The van der Waals surface area contributed by atoms with Crippen molar-refractivity contribution in [3.8, 4) is 0 Å². The van der Waals surface area contributed by atoms with Crippen LogP contribution in [0.5, 0.6) is 0 Å². The molecule has 1 amide bonds. The van der Waals surface area contributed by atoms with Crippen molar-refractivity contribution in [2.75, 3.05) is 13.6 Å². The van der Waals surface area contributed by atoms with E-state index in [1.54, 1.807) is 0 Å². The number of likely N-dealkylation sites (N-methyl/N-ethyl adjacent to an activating group) is 1. The first kappa shape index (κ1) is 16.5. The first-order chi connectivity index (χ1) is 10.1. The van der Waals surface area contributed by atoms with Crippen LogP contribution >= 0.6 is 15.9 Å². The Labute approximate surface area is 136 Å². The minimum absolute atomic E-state index is 0.142. The summed E-state index contributed by atoms with van der Waals surface area (Å²) < 4.78 is 1.10. The molecule has 0 unspecified atom stereocenters. The monoisotopic (exact) mass is 352 g/mol. The average Bonchev–Trinajstić information content (AvgIpc) is 2.44. The first-order valence-electron chi connectivity index (χ1n) is 7.77. The van der Waals surface area contributed by atoms with Crippen molar-refractivity contribution in [3.05, 3.63) is 34.3 Å². The Morgan fingerprint density at radius 1 is 1.33 bits per heavy atom. The standard InChI is InChI=1S/C17H25BrN2O/c1-13-7-3-6-10-16(13)19-17(21)12-20(2)11-14-8-4-5-9-15(14)18/h4-5,8-9,13,16H,3,6-7,10-12H2,1-2H3,(H,19,21)/t13-,16-/m0/s1. The molecule has 0 heterocycles.